The van der Waals surface area contributed by atoms with E-state index in [1.165, 1.54) is 44.3 Å². The normalized spacial score (nSPS) is 28.8. The molecule has 2 nitrogen and oxygen atoms in total. The summed E-state index contributed by atoms with van der Waals surface area (Å²) in [4.78, 5) is 8.19. The van der Waals surface area contributed by atoms with E-state index < -0.39 is 0 Å². The van der Waals surface area contributed by atoms with Crippen molar-refractivity contribution in [3.05, 3.63) is 0 Å². The van der Waals surface area contributed by atoms with Crippen LogP contribution < -0.4 is 4.89 Å². The molecular weight excluding hydrogens is 182 g/mol. The Hall–Kier alpha value is 0.270. The lowest BCUT2D eigenvalue weighted by molar-refractivity contribution is 0.0963. The maximum absolute atomic E-state index is 5.25. The molecule has 0 aromatic carbocycles. The zero-order valence-corrected chi connectivity index (χ0v) is 9.37. The van der Waals surface area contributed by atoms with Crippen LogP contribution in [0.5, 0.6) is 0 Å². The van der Waals surface area contributed by atoms with Crippen molar-refractivity contribution in [3.8, 4) is 0 Å². The first-order valence-electron chi connectivity index (χ1n) is 5.38. The minimum Gasteiger partial charge on any atom is -0.291 e. The standard InChI is InChI=1S/C10H21NOS/c1-10-6-2-4-8-12-11-13-9-5-3-7-10/h10-11H,2-9H2,1H3. The van der Waals surface area contributed by atoms with Gasteiger partial charge in [-0.15, -0.1) is 4.89 Å². The Bertz CT molecular complexity index is 109. The molecule has 1 aliphatic heterocycles. The third-order valence-electron chi connectivity index (χ3n) is 2.50. The van der Waals surface area contributed by atoms with E-state index in [1.54, 1.807) is 11.9 Å². The van der Waals surface area contributed by atoms with Crippen molar-refractivity contribution in [1.82, 2.24) is 4.89 Å². The van der Waals surface area contributed by atoms with Crippen LogP contribution in [0.4, 0.5) is 0 Å². The Labute approximate surface area is 85.9 Å². The lowest BCUT2D eigenvalue weighted by Crippen LogP contribution is -2.09. The molecule has 0 spiro atoms. The molecule has 0 aromatic heterocycles. The second kappa shape index (κ2) is 7.65. The van der Waals surface area contributed by atoms with Gasteiger partial charge in [0.05, 0.1) is 6.61 Å². The molecule has 1 rings (SSSR count). The van der Waals surface area contributed by atoms with Crippen molar-refractivity contribution in [2.24, 2.45) is 5.92 Å². The van der Waals surface area contributed by atoms with Crippen molar-refractivity contribution < 1.29 is 4.84 Å². The fourth-order valence-corrected chi connectivity index (χ4v) is 2.20. The van der Waals surface area contributed by atoms with Crippen LogP contribution >= 0.6 is 11.9 Å². The molecule has 1 aliphatic rings. The fourth-order valence-electron chi connectivity index (χ4n) is 1.60. The lowest BCUT2D eigenvalue weighted by Gasteiger charge is -2.12. The fraction of sp³-hybridized carbons (Fsp3) is 1.00. The predicted octanol–water partition coefficient (Wildman–Crippen LogP) is 3.15. The van der Waals surface area contributed by atoms with Gasteiger partial charge in [0.2, 0.25) is 0 Å². The Balaban J connectivity index is 2.11. The van der Waals surface area contributed by atoms with Crippen molar-refractivity contribution in [3.63, 3.8) is 0 Å². The molecule has 13 heavy (non-hydrogen) atoms. The van der Waals surface area contributed by atoms with Gasteiger partial charge in [-0.1, -0.05) is 44.6 Å². The topological polar surface area (TPSA) is 21.3 Å². The van der Waals surface area contributed by atoms with E-state index in [4.69, 9.17) is 4.84 Å². The van der Waals surface area contributed by atoms with Gasteiger partial charge >= 0.3 is 0 Å². The highest BCUT2D eigenvalue weighted by Crippen LogP contribution is 2.16. The van der Waals surface area contributed by atoms with Gasteiger partial charge in [-0.2, -0.15) is 0 Å². The monoisotopic (exact) mass is 203 g/mol. The quantitative estimate of drug-likeness (QED) is 0.611. The highest BCUT2D eigenvalue weighted by atomic mass is 32.2. The van der Waals surface area contributed by atoms with Crippen LogP contribution in [0, 0.1) is 5.92 Å². The molecule has 1 fully saturated rings. The van der Waals surface area contributed by atoms with E-state index in [2.05, 4.69) is 11.8 Å². The van der Waals surface area contributed by atoms with Gasteiger partial charge in [0.15, 0.2) is 0 Å². The molecule has 78 valence electrons. The van der Waals surface area contributed by atoms with Crippen LogP contribution in [-0.4, -0.2) is 12.4 Å². The highest BCUT2D eigenvalue weighted by molar-refractivity contribution is 7.97. The van der Waals surface area contributed by atoms with E-state index in [1.807, 2.05) is 0 Å². The summed E-state index contributed by atoms with van der Waals surface area (Å²) in [6.45, 7) is 3.23. The molecule has 0 aliphatic carbocycles. The van der Waals surface area contributed by atoms with Crippen LogP contribution in [0.15, 0.2) is 0 Å². The van der Waals surface area contributed by atoms with Crippen molar-refractivity contribution in [2.75, 3.05) is 12.4 Å². The summed E-state index contributed by atoms with van der Waals surface area (Å²) in [6, 6.07) is 0. The molecule has 1 heterocycles. The third-order valence-corrected chi connectivity index (χ3v) is 3.23. The van der Waals surface area contributed by atoms with Crippen LogP contribution in [0.2, 0.25) is 0 Å². The van der Waals surface area contributed by atoms with Crippen LogP contribution in [-0.2, 0) is 4.84 Å². The molecule has 1 unspecified atom stereocenters. The molecule has 0 saturated carbocycles. The Morgan fingerprint density at radius 2 is 1.92 bits per heavy atom. The SMILES string of the molecule is CC1CCCCONSCCCC1. The van der Waals surface area contributed by atoms with Gasteiger partial charge in [-0.25, -0.2) is 0 Å². The number of nitrogens with one attached hydrogen (secondary N) is 1. The molecular formula is C10H21NOS. The number of hydrogen-bond acceptors (Lipinski definition) is 3. The zero-order chi connectivity index (χ0) is 9.36. The average Bonchev–Trinajstić information content (AvgIpc) is 2.11. The van der Waals surface area contributed by atoms with Gasteiger partial charge in [-0.05, 0) is 18.8 Å². The summed E-state index contributed by atoms with van der Waals surface area (Å²) >= 11 is 1.70. The predicted molar refractivity (Wildman–Crippen MR) is 58.4 cm³/mol. The molecule has 0 aromatic rings. The van der Waals surface area contributed by atoms with E-state index in [0.717, 1.165) is 12.5 Å². The van der Waals surface area contributed by atoms with E-state index in [-0.39, 0.29) is 0 Å². The van der Waals surface area contributed by atoms with Gasteiger partial charge in [0.25, 0.3) is 0 Å². The molecule has 0 radical (unpaired) electrons. The largest absolute Gasteiger partial charge is 0.291 e. The zero-order valence-electron chi connectivity index (χ0n) is 8.55. The van der Waals surface area contributed by atoms with Crippen molar-refractivity contribution >= 4 is 11.9 Å². The van der Waals surface area contributed by atoms with E-state index in [9.17, 15) is 0 Å². The minimum atomic E-state index is 0.861. The van der Waals surface area contributed by atoms with Crippen molar-refractivity contribution in [1.29, 1.82) is 0 Å². The Morgan fingerprint density at radius 3 is 2.77 bits per heavy atom. The highest BCUT2D eigenvalue weighted by Gasteiger charge is 2.03. The Morgan fingerprint density at radius 1 is 1.15 bits per heavy atom. The molecule has 1 atom stereocenters. The van der Waals surface area contributed by atoms with Gasteiger partial charge in [-0.3, -0.25) is 4.84 Å². The smallest absolute Gasteiger partial charge is 0.0693 e. The molecule has 1 saturated heterocycles. The summed E-state index contributed by atoms with van der Waals surface area (Å²) in [7, 11) is 0. The number of hydrogen-bond donors (Lipinski definition) is 1. The summed E-state index contributed by atoms with van der Waals surface area (Å²) < 4.78 is 0. The summed E-state index contributed by atoms with van der Waals surface area (Å²) in [5, 5.41) is 0. The van der Waals surface area contributed by atoms with Gasteiger partial charge in [0.1, 0.15) is 0 Å². The maximum Gasteiger partial charge on any atom is 0.0693 e. The summed E-state index contributed by atoms with van der Waals surface area (Å²) in [6.07, 6.45) is 7.96. The first-order valence-corrected chi connectivity index (χ1v) is 6.37. The Kier molecular flexibility index (Phi) is 6.68. The summed E-state index contributed by atoms with van der Waals surface area (Å²) in [5.74, 6) is 2.09. The van der Waals surface area contributed by atoms with Crippen LogP contribution in [0.1, 0.15) is 45.4 Å². The second-order valence-electron chi connectivity index (χ2n) is 3.88. The van der Waals surface area contributed by atoms with Crippen molar-refractivity contribution in [2.45, 2.75) is 45.4 Å². The lowest BCUT2D eigenvalue weighted by atomic mass is 9.98. The maximum atomic E-state index is 5.25. The third kappa shape index (κ3) is 6.36. The number of rotatable bonds is 0. The van der Waals surface area contributed by atoms with Crippen LogP contribution in [0.3, 0.4) is 0 Å². The molecule has 0 bridgehead atoms. The minimum absolute atomic E-state index is 0.861. The molecule has 0 amide bonds. The average molecular weight is 203 g/mol. The molecule has 1 N–H and O–H groups in total. The first-order chi connectivity index (χ1) is 6.39. The van der Waals surface area contributed by atoms with Gasteiger partial charge in [0, 0.05) is 5.75 Å². The van der Waals surface area contributed by atoms with E-state index >= 15 is 0 Å². The van der Waals surface area contributed by atoms with Gasteiger partial charge < -0.3 is 0 Å². The first kappa shape index (κ1) is 11.3. The summed E-state index contributed by atoms with van der Waals surface area (Å²) in [5.41, 5.74) is 0. The second-order valence-corrected chi connectivity index (χ2v) is 4.74. The van der Waals surface area contributed by atoms with E-state index in [0.29, 0.717) is 0 Å². The molecule has 3 heteroatoms. The van der Waals surface area contributed by atoms with Crippen LogP contribution in [0.25, 0.3) is 0 Å².